The van der Waals surface area contributed by atoms with Crippen LogP contribution in [-0.2, 0) is 24.8 Å². The number of hydrogen-bond donors (Lipinski definition) is 2. The second kappa shape index (κ2) is 9.81. The van der Waals surface area contributed by atoms with Crippen molar-refractivity contribution in [3.8, 4) is 5.75 Å². The van der Waals surface area contributed by atoms with E-state index in [1.165, 1.54) is 48.5 Å². The van der Waals surface area contributed by atoms with E-state index in [2.05, 4.69) is 10.0 Å². The zero-order valence-electron chi connectivity index (χ0n) is 19.0. The number of ether oxygens (including phenoxy) is 1. The average molecular weight is 570 g/mol. The number of carbonyl (C=O) groups excluding carboxylic acids is 1. The molecule has 2 N–H and O–H groups in total. The summed E-state index contributed by atoms with van der Waals surface area (Å²) >= 11 is 12.0. The van der Waals surface area contributed by atoms with Gasteiger partial charge in [-0.05, 0) is 67.1 Å². The molecule has 0 saturated heterocycles. The summed E-state index contributed by atoms with van der Waals surface area (Å²) in [5.41, 5.74) is 1.60. The van der Waals surface area contributed by atoms with Crippen LogP contribution in [0.2, 0.25) is 10.0 Å². The molecule has 1 heterocycles. The van der Waals surface area contributed by atoms with Crippen LogP contribution in [0.4, 0.5) is 17.1 Å². The first-order valence-corrected chi connectivity index (χ1v) is 14.6. The van der Waals surface area contributed by atoms with E-state index in [-0.39, 0.29) is 22.9 Å². The maximum absolute atomic E-state index is 12.9. The third kappa shape index (κ3) is 5.70. The number of amides is 1. The Morgan fingerprint density at radius 2 is 1.61 bits per heavy atom. The minimum atomic E-state index is -3.91. The van der Waals surface area contributed by atoms with Gasteiger partial charge in [-0.1, -0.05) is 29.3 Å². The molecular formula is C23H21Cl2N3O6S2. The Balaban J connectivity index is 1.50. The van der Waals surface area contributed by atoms with Crippen LogP contribution in [0.25, 0.3) is 0 Å². The highest BCUT2D eigenvalue weighted by Gasteiger charge is 2.35. The lowest BCUT2D eigenvalue weighted by molar-refractivity contribution is -0.122. The molecule has 0 fully saturated rings. The molecule has 190 valence electrons. The van der Waals surface area contributed by atoms with Crippen molar-refractivity contribution in [1.29, 1.82) is 0 Å². The topological polar surface area (TPSA) is 122 Å². The lowest BCUT2D eigenvalue weighted by atomic mass is 10.2. The number of halogens is 2. The molecular weight excluding hydrogens is 549 g/mol. The molecule has 36 heavy (non-hydrogen) atoms. The molecule has 0 unspecified atom stereocenters. The first kappa shape index (κ1) is 26.1. The van der Waals surface area contributed by atoms with Crippen LogP contribution < -0.4 is 19.1 Å². The third-order valence-electron chi connectivity index (χ3n) is 5.36. The van der Waals surface area contributed by atoms with Crippen LogP contribution in [0.5, 0.6) is 5.75 Å². The molecule has 0 saturated carbocycles. The fraction of sp³-hybridized carbons (Fsp3) is 0.174. The first-order valence-electron chi connectivity index (χ1n) is 10.5. The molecule has 1 aliphatic heterocycles. The molecule has 0 aliphatic carbocycles. The fourth-order valence-electron chi connectivity index (χ4n) is 3.52. The zero-order valence-corrected chi connectivity index (χ0v) is 22.2. The Kier molecular flexibility index (Phi) is 7.11. The Labute approximate surface area is 219 Å². The Morgan fingerprint density at radius 1 is 0.972 bits per heavy atom. The van der Waals surface area contributed by atoms with Crippen molar-refractivity contribution in [3.63, 3.8) is 0 Å². The maximum Gasteiger partial charge on any atom is 0.267 e. The number of anilines is 3. The number of sulfonamides is 2. The molecule has 13 heteroatoms. The number of benzene rings is 3. The number of rotatable bonds is 6. The smallest absolute Gasteiger partial charge is 0.267 e. The summed E-state index contributed by atoms with van der Waals surface area (Å²) in [5, 5.41) is 3.34. The van der Waals surface area contributed by atoms with Crippen LogP contribution in [0.15, 0.2) is 65.6 Å². The Morgan fingerprint density at radius 3 is 2.28 bits per heavy atom. The van der Waals surface area contributed by atoms with E-state index in [1.54, 1.807) is 19.1 Å². The van der Waals surface area contributed by atoms with Gasteiger partial charge in [0.1, 0.15) is 5.75 Å². The van der Waals surface area contributed by atoms with Crippen LogP contribution in [-0.4, -0.2) is 41.6 Å². The summed E-state index contributed by atoms with van der Waals surface area (Å²) in [6.07, 6.45) is -0.125. The van der Waals surface area contributed by atoms with Gasteiger partial charge in [-0.2, -0.15) is 0 Å². The molecule has 3 aromatic rings. The van der Waals surface area contributed by atoms with Gasteiger partial charge in [0, 0.05) is 15.7 Å². The van der Waals surface area contributed by atoms with Gasteiger partial charge in [0.2, 0.25) is 10.0 Å². The van der Waals surface area contributed by atoms with Crippen LogP contribution >= 0.6 is 23.2 Å². The monoisotopic (exact) mass is 569 g/mol. The van der Waals surface area contributed by atoms with E-state index >= 15 is 0 Å². The Hall–Kier alpha value is -2.99. The van der Waals surface area contributed by atoms with Crippen LogP contribution in [0.1, 0.15) is 5.56 Å². The van der Waals surface area contributed by atoms with Gasteiger partial charge in [0.25, 0.3) is 15.9 Å². The van der Waals surface area contributed by atoms with Gasteiger partial charge in [-0.3, -0.25) is 13.8 Å². The SMILES string of the molecule is Cc1ccc(Cl)cc1NS(=O)(=O)c1ccc(NC(=O)[C@H]2CN(S(C)(=O)=O)c3cc(Cl)ccc3O2)cc1. The van der Waals surface area contributed by atoms with E-state index < -0.39 is 32.1 Å². The number of nitrogens with one attached hydrogen (secondary N) is 2. The van der Waals surface area contributed by atoms with Crippen molar-refractivity contribution in [2.75, 3.05) is 27.1 Å². The molecule has 0 spiro atoms. The summed E-state index contributed by atoms with van der Waals surface area (Å²) in [5.74, 6) is -0.410. The lowest BCUT2D eigenvalue weighted by Crippen LogP contribution is -2.48. The van der Waals surface area contributed by atoms with Gasteiger partial charge in [-0.25, -0.2) is 16.8 Å². The number of carbonyl (C=O) groups is 1. The Bertz CT molecular complexity index is 1540. The van der Waals surface area contributed by atoms with Crippen molar-refractivity contribution >= 4 is 66.2 Å². The van der Waals surface area contributed by atoms with Gasteiger partial charge in [0.05, 0.1) is 29.1 Å². The van der Waals surface area contributed by atoms with Gasteiger partial charge >= 0.3 is 0 Å². The average Bonchev–Trinajstić information content (AvgIpc) is 2.80. The lowest BCUT2D eigenvalue weighted by Gasteiger charge is -2.34. The van der Waals surface area contributed by atoms with E-state index in [0.29, 0.717) is 27.0 Å². The van der Waals surface area contributed by atoms with Crippen molar-refractivity contribution in [3.05, 3.63) is 76.3 Å². The number of hydrogen-bond acceptors (Lipinski definition) is 6. The van der Waals surface area contributed by atoms with Gasteiger partial charge in [-0.15, -0.1) is 0 Å². The summed E-state index contributed by atoms with van der Waals surface area (Å²) in [6.45, 7) is 1.49. The van der Waals surface area contributed by atoms with Crippen molar-refractivity contribution in [2.24, 2.45) is 0 Å². The third-order valence-corrected chi connectivity index (χ3v) is 8.36. The highest BCUT2D eigenvalue weighted by molar-refractivity contribution is 7.92. The standard InChI is InChI=1S/C23H21Cl2N3O6S2/c1-14-3-4-15(24)11-19(14)27-36(32,33)18-8-6-17(7-9-18)26-23(29)22-13-28(35(2,30)31)20-12-16(25)5-10-21(20)34-22/h3-12,22,27H,13H2,1-2H3,(H,26,29)/t22-/m1/s1. The van der Waals surface area contributed by atoms with Crippen LogP contribution in [0.3, 0.4) is 0 Å². The summed E-state index contributed by atoms with van der Waals surface area (Å²) in [6, 6.07) is 14.8. The fourth-order valence-corrected chi connectivity index (χ4v) is 5.89. The molecule has 0 bridgehead atoms. The molecule has 1 amide bonds. The second-order valence-electron chi connectivity index (χ2n) is 8.09. The number of nitrogens with zero attached hydrogens (tertiary/aromatic N) is 1. The predicted octanol–water partition coefficient (Wildman–Crippen LogP) is 4.27. The van der Waals surface area contributed by atoms with E-state index in [1.807, 2.05) is 0 Å². The van der Waals surface area contributed by atoms with E-state index in [0.717, 1.165) is 10.6 Å². The maximum atomic E-state index is 12.9. The largest absolute Gasteiger partial charge is 0.476 e. The van der Waals surface area contributed by atoms with Gasteiger partial charge < -0.3 is 10.1 Å². The van der Waals surface area contributed by atoms with Gasteiger partial charge in [0.15, 0.2) is 6.10 Å². The molecule has 0 radical (unpaired) electrons. The summed E-state index contributed by atoms with van der Waals surface area (Å²) in [4.78, 5) is 12.9. The molecule has 4 rings (SSSR count). The minimum Gasteiger partial charge on any atom is -0.476 e. The van der Waals surface area contributed by atoms with Crippen molar-refractivity contribution < 1.29 is 26.4 Å². The van der Waals surface area contributed by atoms with Crippen molar-refractivity contribution in [2.45, 2.75) is 17.9 Å². The molecule has 1 atom stereocenters. The summed E-state index contributed by atoms with van der Waals surface area (Å²) in [7, 11) is -7.63. The van der Waals surface area contributed by atoms with E-state index in [9.17, 15) is 21.6 Å². The second-order valence-corrected chi connectivity index (χ2v) is 12.6. The van der Waals surface area contributed by atoms with Crippen LogP contribution in [0, 0.1) is 6.92 Å². The highest BCUT2D eigenvalue weighted by Crippen LogP contribution is 2.37. The minimum absolute atomic E-state index is 0.0251. The molecule has 1 aliphatic rings. The number of aryl methyl sites for hydroxylation is 1. The van der Waals surface area contributed by atoms with Crippen molar-refractivity contribution in [1.82, 2.24) is 0 Å². The predicted molar refractivity (Wildman–Crippen MR) is 140 cm³/mol. The normalized spacial score (nSPS) is 15.6. The first-order chi connectivity index (χ1) is 16.8. The molecule has 0 aromatic heterocycles. The molecule has 9 nitrogen and oxygen atoms in total. The summed E-state index contributed by atoms with van der Waals surface area (Å²) < 4.78 is 59.5. The van der Waals surface area contributed by atoms with E-state index in [4.69, 9.17) is 27.9 Å². The highest BCUT2D eigenvalue weighted by atomic mass is 35.5. The number of fused-ring (bicyclic) bond motifs is 1. The zero-order chi connectivity index (χ0) is 26.3. The molecule has 3 aromatic carbocycles. The quantitative estimate of drug-likeness (QED) is 0.457.